The molecular formula is C17H25NO2. The molecule has 1 aliphatic rings. The van der Waals surface area contributed by atoms with Gasteiger partial charge in [0.2, 0.25) is 5.91 Å². The van der Waals surface area contributed by atoms with Crippen molar-refractivity contribution in [3.05, 3.63) is 30.3 Å². The predicted molar refractivity (Wildman–Crippen MR) is 80.8 cm³/mol. The standard InChI is InChI=1S/C17H25NO2/c1-2-12-18(14-15-10-11-15)17(19)9-6-13-20-16-7-4-3-5-8-16/h3-5,7-8,15H,2,6,9-14H2,1H3. The number of rotatable bonds is 9. The largest absolute Gasteiger partial charge is 0.494 e. The van der Waals surface area contributed by atoms with Crippen molar-refractivity contribution in [3.8, 4) is 5.75 Å². The van der Waals surface area contributed by atoms with Crippen molar-refractivity contribution in [2.24, 2.45) is 5.92 Å². The number of amides is 1. The minimum atomic E-state index is 0.287. The third-order valence-electron chi connectivity index (χ3n) is 3.57. The molecule has 0 aliphatic heterocycles. The molecule has 1 aromatic carbocycles. The van der Waals surface area contributed by atoms with Gasteiger partial charge in [0.15, 0.2) is 0 Å². The molecule has 1 aliphatic carbocycles. The topological polar surface area (TPSA) is 29.5 Å². The molecule has 0 unspecified atom stereocenters. The number of benzene rings is 1. The highest BCUT2D eigenvalue weighted by atomic mass is 16.5. The maximum absolute atomic E-state index is 12.2. The summed E-state index contributed by atoms with van der Waals surface area (Å²) >= 11 is 0. The SMILES string of the molecule is CCCN(CC1CC1)C(=O)CCCOc1ccccc1. The molecule has 2 rings (SSSR count). The van der Waals surface area contributed by atoms with E-state index in [0.29, 0.717) is 13.0 Å². The summed E-state index contributed by atoms with van der Waals surface area (Å²) in [6, 6.07) is 9.77. The summed E-state index contributed by atoms with van der Waals surface area (Å²) in [6.45, 7) is 4.60. The first kappa shape index (κ1) is 14.9. The molecule has 0 N–H and O–H groups in total. The number of hydrogen-bond acceptors (Lipinski definition) is 2. The molecule has 3 heteroatoms. The summed E-state index contributed by atoms with van der Waals surface area (Å²) in [5, 5.41) is 0. The maximum Gasteiger partial charge on any atom is 0.222 e. The van der Waals surface area contributed by atoms with Gasteiger partial charge in [-0.1, -0.05) is 25.1 Å². The van der Waals surface area contributed by atoms with Gasteiger partial charge >= 0.3 is 0 Å². The van der Waals surface area contributed by atoms with Crippen LogP contribution in [0.25, 0.3) is 0 Å². The number of carbonyl (C=O) groups excluding carboxylic acids is 1. The van der Waals surface area contributed by atoms with Crippen LogP contribution in [0.2, 0.25) is 0 Å². The number of carbonyl (C=O) groups is 1. The van der Waals surface area contributed by atoms with Crippen LogP contribution in [0.5, 0.6) is 5.75 Å². The molecule has 1 fully saturated rings. The second kappa shape index (κ2) is 7.93. The zero-order chi connectivity index (χ0) is 14.2. The van der Waals surface area contributed by atoms with Gasteiger partial charge in [-0.15, -0.1) is 0 Å². The second-order valence-electron chi connectivity index (χ2n) is 5.55. The lowest BCUT2D eigenvalue weighted by molar-refractivity contribution is -0.131. The second-order valence-corrected chi connectivity index (χ2v) is 5.55. The van der Waals surface area contributed by atoms with Crippen molar-refractivity contribution in [1.82, 2.24) is 4.90 Å². The Morgan fingerprint density at radius 2 is 2.05 bits per heavy atom. The first-order valence-electron chi connectivity index (χ1n) is 7.75. The van der Waals surface area contributed by atoms with E-state index in [-0.39, 0.29) is 5.91 Å². The highest BCUT2D eigenvalue weighted by Crippen LogP contribution is 2.30. The van der Waals surface area contributed by atoms with E-state index in [9.17, 15) is 4.79 Å². The molecule has 0 bridgehead atoms. The van der Waals surface area contributed by atoms with Gasteiger partial charge < -0.3 is 9.64 Å². The molecule has 0 heterocycles. The van der Waals surface area contributed by atoms with Gasteiger partial charge in [-0.3, -0.25) is 4.79 Å². The fraction of sp³-hybridized carbons (Fsp3) is 0.588. The quantitative estimate of drug-likeness (QED) is 0.646. The van der Waals surface area contributed by atoms with Crippen LogP contribution in [0.3, 0.4) is 0 Å². The van der Waals surface area contributed by atoms with Crippen molar-refractivity contribution >= 4 is 5.91 Å². The third-order valence-corrected chi connectivity index (χ3v) is 3.57. The van der Waals surface area contributed by atoms with Gasteiger partial charge in [-0.2, -0.15) is 0 Å². The van der Waals surface area contributed by atoms with Crippen LogP contribution < -0.4 is 4.74 Å². The third kappa shape index (κ3) is 5.24. The van der Waals surface area contributed by atoms with Gasteiger partial charge in [0, 0.05) is 19.5 Å². The summed E-state index contributed by atoms with van der Waals surface area (Å²) in [5.74, 6) is 1.94. The minimum Gasteiger partial charge on any atom is -0.494 e. The molecule has 1 saturated carbocycles. The Kier molecular flexibility index (Phi) is 5.90. The van der Waals surface area contributed by atoms with E-state index in [1.807, 2.05) is 35.2 Å². The summed E-state index contributed by atoms with van der Waals surface area (Å²) in [7, 11) is 0. The van der Waals surface area contributed by atoms with E-state index in [1.165, 1.54) is 12.8 Å². The molecule has 20 heavy (non-hydrogen) atoms. The van der Waals surface area contributed by atoms with Gasteiger partial charge in [0.05, 0.1) is 6.61 Å². The lowest BCUT2D eigenvalue weighted by Crippen LogP contribution is -2.33. The monoisotopic (exact) mass is 275 g/mol. The predicted octanol–water partition coefficient (Wildman–Crippen LogP) is 3.49. The van der Waals surface area contributed by atoms with Gasteiger partial charge in [0.25, 0.3) is 0 Å². The minimum absolute atomic E-state index is 0.287. The van der Waals surface area contributed by atoms with E-state index >= 15 is 0 Å². The van der Waals surface area contributed by atoms with Gasteiger partial charge in [0.1, 0.15) is 5.75 Å². The van der Waals surface area contributed by atoms with Crippen molar-refractivity contribution in [2.75, 3.05) is 19.7 Å². The number of hydrogen-bond donors (Lipinski definition) is 0. The molecule has 0 atom stereocenters. The average molecular weight is 275 g/mol. The van der Waals surface area contributed by atoms with Crippen molar-refractivity contribution < 1.29 is 9.53 Å². The summed E-state index contributed by atoms with van der Waals surface area (Å²) in [4.78, 5) is 14.2. The van der Waals surface area contributed by atoms with Crippen LogP contribution in [-0.2, 0) is 4.79 Å². The van der Waals surface area contributed by atoms with E-state index in [2.05, 4.69) is 6.92 Å². The van der Waals surface area contributed by atoms with E-state index in [4.69, 9.17) is 4.74 Å². The molecule has 0 spiro atoms. The summed E-state index contributed by atoms with van der Waals surface area (Å²) in [6.07, 6.45) is 5.02. The normalized spacial score (nSPS) is 14.1. The lowest BCUT2D eigenvalue weighted by atomic mass is 10.2. The molecule has 0 saturated heterocycles. The summed E-state index contributed by atoms with van der Waals surface area (Å²) < 4.78 is 5.62. The fourth-order valence-corrected chi connectivity index (χ4v) is 2.29. The van der Waals surface area contributed by atoms with E-state index in [0.717, 1.165) is 37.6 Å². The molecule has 1 aromatic rings. The molecule has 110 valence electrons. The number of para-hydroxylation sites is 1. The molecular weight excluding hydrogens is 250 g/mol. The Hall–Kier alpha value is -1.51. The highest BCUT2D eigenvalue weighted by Gasteiger charge is 2.25. The van der Waals surface area contributed by atoms with Crippen LogP contribution in [0.4, 0.5) is 0 Å². The van der Waals surface area contributed by atoms with Crippen LogP contribution in [0.1, 0.15) is 39.0 Å². The van der Waals surface area contributed by atoms with E-state index < -0.39 is 0 Å². The lowest BCUT2D eigenvalue weighted by Gasteiger charge is -2.22. The van der Waals surface area contributed by atoms with Gasteiger partial charge in [-0.05, 0) is 43.7 Å². The summed E-state index contributed by atoms with van der Waals surface area (Å²) in [5.41, 5.74) is 0. The zero-order valence-corrected chi connectivity index (χ0v) is 12.4. The average Bonchev–Trinajstić information content (AvgIpc) is 3.28. The van der Waals surface area contributed by atoms with Crippen LogP contribution in [-0.4, -0.2) is 30.5 Å². The Morgan fingerprint density at radius 1 is 1.30 bits per heavy atom. The fourth-order valence-electron chi connectivity index (χ4n) is 2.29. The Morgan fingerprint density at radius 3 is 2.70 bits per heavy atom. The Labute approximate surface area is 121 Å². The zero-order valence-electron chi connectivity index (χ0n) is 12.4. The van der Waals surface area contributed by atoms with Crippen LogP contribution in [0, 0.1) is 5.92 Å². The molecule has 0 aromatic heterocycles. The van der Waals surface area contributed by atoms with Crippen LogP contribution >= 0.6 is 0 Å². The smallest absolute Gasteiger partial charge is 0.222 e. The Balaban J connectivity index is 1.65. The maximum atomic E-state index is 12.2. The molecule has 0 radical (unpaired) electrons. The molecule has 3 nitrogen and oxygen atoms in total. The first-order chi connectivity index (χ1) is 9.79. The number of ether oxygens (including phenoxy) is 1. The Bertz CT molecular complexity index is 401. The van der Waals surface area contributed by atoms with Gasteiger partial charge in [-0.25, -0.2) is 0 Å². The molecule has 1 amide bonds. The number of nitrogens with zero attached hydrogens (tertiary/aromatic N) is 1. The highest BCUT2D eigenvalue weighted by molar-refractivity contribution is 5.76. The van der Waals surface area contributed by atoms with Crippen molar-refractivity contribution in [1.29, 1.82) is 0 Å². The van der Waals surface area contributed by atoms with Crippen molar-refractivity contribution in [2.45, 2.75) is 39.0 Å². The first-order valence-corrected chi connectivity index (χ1v) is 7.75. The van der Waals surface area contributed by atoms with Crippen molar-refractivity contribution in [3.63, 3.8) is 0 Å². The van der Waals surface area contributed by atoms with Crippen LogP contribution in [0.15, 0.2) is 30.3 Å². The van der Waals surface area contributed by atoms with E-state index in [1.54, 1.807) is 0 Å².